The first kappa shape index (κ1) is 29.4. The van der Waals surface area contributed by atoms with Gasteiger partial charge in [-0.15, -0.1) is 0 Å². The summed E-state index contributed by atoms with van der Waals surface area (Å²) in [6.45, 7) is 6.38. The Morgan fingerprint density at radius 2 is 1.54 bits per heavy atom. The minimum atomic E-state index is -0.445. The lowest BCUT2D eigenvalue weighted by atomic mass is 9.43. The molecule has 5 N–H and O–H groups in total. The first-order chi connectivity index (χ1) is 19.5. The molecule has 2 atom stereocenters. The molecule has 10 heteroatoms. The highest BCUT2D eigenvalue weighted by Crippen LogP contribution is 2.66. The summed E-state index contributed by atoms with van der Waals surface area (Å²) in [6.07, 6.45) is 9.93. The first-order valence-electron chi connectivity index (χ1n) is 15.2. The van der Waals surface area contributed by atoms with Crippen molar-refractivity contribution in [2.75, 3.05) is 19.6 Å². The zero-order chi connectivity index (χ0) is 29.3. The van der Waals surface area contributed by atoms with E-state index in [1.165, 1.54) is 19.3 Å². The van der Waals surface area contributed by atoms with E-state index < -0.39 is 5.91 Å². The molecule has 1 aromatic rings. The number of carbonyl (C=O) groups is 4. The van der Waals surface area contributed by atoms with Crippen molar-refractivity contribution in [2.45, 2.75) is 96.1 Å². The van der Waals surface area contributed by atoms with Crippen molar-refractivity contribution in [1.29, 1.82) is 0 Å². The fourth-order valence-electron chi connectivity index (χ4n) is 8.99. The Hall–Kier alpha value is -3.14. The molecule has 4 aliphatic carbocycles. The van der Waals surface area contributed by atoms with Crippen LogP contribution in [-0.2, 0) is 4.79 Å². The molecule has 6 rings (SSSR count). The van der Waals surface area contributed by atoms with Gasteiger partial charge in [0.1, 0.15) is 0 Å². The van der Waals surface area contributed by atoms with Crippen molar-refractivity contribution >= 4 is 23.8 Å². The van der Waals surface area contributed by atoms with Crippen molar-refractivity contribution in [3.05, 3.63) is 35.4 Å². The molecule has 0 radical (unpaired) electrons. The van der Waals surface area contributed by atoms with E-state index in [0.717, 1.165) is 25.2 Å². The Labute approximate surface area is 242 Å². The summed E-state index contributed by atoms with van der Waals surface area (Å²) >= 11 is 0. The number of benzene rings is 1. The Kier molecular flexibility index (Phi) is 8.32. The summed E-state index contributed by atoms with van der Waals surface area (Å²) in [5.74, 6) is -0.0354. The van der Waals surface area contributed by atoms with Crippen molar-refractivity contribution in [1.82, 2.24) is 26.3 Å². The van der Waals surface area contributed by atoms with Crippen molar-refractivity contribution < 1.29 is 24.4 Å². The molecular weight excluding hydrogens is 522 g/mol. The minimum absolute atomic E-state index is 0.0447. The summed E-state index contributed by atoms with van der Waals surface area (Å²) in [7, 11) is 0. The standard InChI is InChI=1S/C31H45N5O5/c1-29-15-21-16-30(2,18-29)20-31(17-21,19-29)34-28(40)33-24-10-13-36(14-11-24)27(39)23-8-6-22(7-9-23)26(38)32-12-4-3-5-25(37)35-41/h6-9,21,24,41H,3-5,10-20H2,1-2H3,(H,32,38)(H,35,37)(H2,33,34,40). The smallest absolute Gasteiger partial charge is 0.315 e. The summed E-state index contributed by atoms with van der Waals surface area (Å²) in [5, 5.41) is 17.9. The van der Waals surface area contributed by atoms with Gasteiger partial charge in [-0.3, -0.25) is 19.6 Å². The molecule has 4 bridgehead atoms. The van der Waals surface area contributed by atoms with Crippen LogP contribution in [0.15, 0.2) is 24.3 Å². The van der Waals surface area contributed by atoms with E-state index >= 15 is 0 Å². The van der Waals surface area contributed by atoms with E-state index in [1.807, 2.05) is 4.90 Å². The van der Waals surface area contributed by atoms with Gasteiger partial charge in [0, 0.05) is 48.8 Å². The Morgan fingerprint density at radius 3 is 2.15 bits per heavy atom. The molecule has 224 valence electrons. The van der Waals surface area contributed by atoms with Crippen LogP contribution < -0.4 is 21.4 Å². The van der Waals surface area contributed by atoms with Gasteiger partial charge in [0.15, 0.2) is 0 Å². The number of hydrogen-bond acceptors (Lipinski definition) is 5. The third-order valence-electron chi connectivity index (χ3n) is 9.76. The Morgan fingerprint density at radius 1 is 0.902 bits per heavy atom. The SMILES string of the molecule is CC12CC3CC(C)(C1)CC(NC(=O)NC1CCN(C(=O)c4ccc(C(=O)NCCCCC(=O)NO)cc4)CC1)(C3)C2. The van der Waals surface area contributed by atoms with Gasteiger partial charge in [0.25, 0.3) is 11.8 Å². The van der Waals surface area contributed by atoms with Crippen LogP contribution in [0.3, 0.4) is 0 Å². The lowest BCUT2D eigenvalue weighted by molar-refractivity contribution is -0.129. The molecule has 41 heavy (non-hydrogen) atoms. The van der Waals surface area contributed by atoms with Crippen LogP contribution >= 0.6 is 0 Å². The predicted molar refractivity (Wildman–Crippen MR) is 153 cm³/mol. The molecule has 5 amide bonds. The highest BCUT2D eigenvalue weighted by molar-refractivity contribution is 5.97. The van der Waals surface area contributed by atoms with Crippen molar-refractivity contribution in [3.8, 4) is 0 Å². The number of hydroxylamine groups is 1. The van der Waals surface area contributed by atoms with Crippen LogP contribution in [0, 0.1) is 16.7 Å². The average molecular weight is 568 g/mol. The number of nitrogens with zero attached hydrogens (tertiary/aromatic N) is 1. The highest BCUT2D eigenvalue weighted by atomic mass is 16.5. The monoisotopic (exact) mass is 567 g/mol. The molecule has 2 unspecified atom stereocenters. The van der Waals surface area contributed by atoms with Gasteiger partial charge in [-0.1, -0.05) is 13.8 Å². The lowest BCUT2D eigenvalue weighted by Crippen LogP contribution is -2.66. The highest BCUT2D eigenvalue weighted by Gasteiger charge is 2.60. The predicted octanol–water partition coefficient (Wildman–Crippen LogP) is 3.74. The van der Waals surface area contributed by atoms with Crippen LogP contribution in [0.5, 0.6) is 0 Å². The number of amides is 5. The number of piperidine rings is 1. The summed E-state index contributed by atoms with van der Waals surface area (Å²) in [6, 6.07) is 6.62. The van der Waals surface area contributed by atoms with Crippen molar-refractivity contribution in [2.24, 2.45) is 16.7 Å². The number of hydrogen-bond donors (Lipinski definition) is 5. The number of unbranched alkanes of at least 4 members (excludes halogenated alkanes) is 1. The summed E-state index contributed by atoms with van der Waals surface area (Å²) in [4.78, 5) is 51.4. The minimum Gasteiger partial charge on any atom is -0.352 e. The van der Waals surface area contributed by atoms with Crippen LogP contribution in [0.25, 0.3) is 0 Å². The van der Waals surface area contributed by atoms with Crippen LogP contribution in [-0.4, -0.2) is 65.1 Å². The largest absolute Gasteiger partial charge is 0.352 e. The molecule has 0 spiro atoms. The van der Waals surface area contributed by atoms with E-state index in [0.29, 0.717) is 67.3 Å². The normalized spacial score (nSPS) is 30.5. The van der Waals surface area contributed by atoms with E-state index in [9.17, 15) is 19.2 Å². The van der Waals surface area contributed by atoms with Gasteiger partial charge in [-0.05, 0) is 105 Å². The Balaban J connectivity index is 1.04. The number of nitrogens with one attached hydrogen (secondary N) is 4. The maximum absolute atomic E-state index is 13.1. The second-order valence-electron chi connectivity index (χ2n) is 13.9. The van der Waals surface area contributed by atoms with Gasteiger partial charge in [0.05, 0.1) is 0 Å². The topological polar surface area (TPSA) is 140 Å². The second-order valence-corrected chi connectivity index (χ2v) is 13.9. The third kappa shape index (κ3) is 6.85. The van der Waals surface area contributed by atoms with Gasteiger partial charge >= 0.3 is 6.03 Å². The van der Waals surface area contributed by atoms with Crippen LogP contribution in [0.4, 0.5) is 4.79 Å². The molecule has 10 nitrogen and oxygen atoms in total. The molecule has 1 saturated heterocycles. The molecule has 4 saturated carbocycles. The number of likely N-dealkylation sites (tertiary alicyclic amines) is 1. The van der Waals surface area contributed by atoms with Crippen molar-refractivity contribution in [3.63, 3.8) is 0 Å². The molecule has 5 fully saturated rings. The van der Waals surface area contributed by atoms with Crippen LogP contribution in [0.1, 0.15) is 105 Å². The Bertz CT molecular complexity index is 1140. The maximum Gasteiger partial charge on any atom is 0.315 e. The maximum atomic E-state index is 13.1. The van der Waals surface area contributed by atoms with E-state index in [1.54, 1.807) is 29.7 Å². The fourth-order valence-corrected chi connectivity index (χ4v) is 8.99. The third-order valence-corrected chi connectivity index (χ3v) is 9.76. The van der Waals surface area contributed by atoms with E-state index in [2.05, 4.69) is 29.8 Å². The number of rotatable bonds is 9. The lowest BCUT2D eigenvalue weighted by Gasteiger charge is -2.65. The molecule has 0 aromatic heterocycles. The van der Waals surface area contributed by atoms with E-state index in [4.69, 9.17) is 5.21 Å². The quantitative estimate of drug-likeness (QED) is 0.176. The summed E-state index contributed by atoms with van der Waals surface area (Å²) in [5.41, 5.74) is 3.19. The zero-order valence-corrected chi connectivity index (χ0v) is 24.4. The van der Waals surface area contributed by atoms with Crippen LogP contribution in [0.2, 0.25) is 0 Å². The molecule has 1 heterocycles. The van der Waals surface area contributed by atoms with Gasteiger partial charge in [-0.25, -0.2) is 10.3 Å². The molecule has 5 aliphatic rings. The molecular formula is C31H45N5O5. The number of urea groups is 1. The van der Waals surface area contributed by atoms with Gasteiger partial charge in [0.2, 0.25) is 5.91 Å². The average Bonchev–Trinajstić information content (AvgIpc) is 2.90. The fraction of sp³-hybridized carbons (Fsp3) is 0.677. The second kappa shape index (κ2) is 11.6. The van der Waals surface area contributed by atoms with Gasteiger partial charge < -0.3 is 20.9 Å². The van der Waals surface area contributed by atoms with E-state index in [-0.39, 0.29) is 35.8 Å². The van der Waals surface area contributed by atoms with Gasteiger partial charge in [-0.2, -0.15) is 0 Å². The summed E-state index contributed by atoms with van der Waals surface area (Å²) < 4.78 is 0. The molecule has 1 aliphatic heterocycles. The molecule has 1 aromatic carbocycles. The first-order valence-corrected chi connectivity index (χ1v) is 15.2. The number of carbonyl (C=O) groups excluding carboxylic acids is 4. The zero-order valence-electron chi connectivity index (χ0n) is 24.4.